The summed E-state index contributed by atoms with van der Waals surface area (Å²) in [5.41, 5.74) is -1.12. The van der Waals surface area contributed by atoms with Gasteiger partial charge in [-0.3, -0.25) is 0 Å². The molecule has 0 aliphatic carbocycles. The summed E-state index contributed by atoms with van der Waals surface area (Å²) in [6.07, 6.45) is -2.49. The molecule has 0 N–H and O–H groups in total. The third-order valence-corrected chi connectivity index (χ3v) is 3.42. The molecule has 10 heteroatoms. The minimum absolute atomic E-state index is 0.103. The summed E-state index contributed by atoms with van der Waals surface area (Å²) in [5.74, 6) is -2.97. The number of carbonyl (C=O) groups excluding carboxylic acids is 2. The average molecular weight is 394 g/mol. The first kappa shape index (κ1) is 19.3. The maximum atomic E-state index is 12.7. The van der Waals surface area contributed by atoms with Gasteiger partial charge in [0.1, 0.15) is 11.3 Å². The van der Waals surface area contributed by atoms with Crippen LogP contribution in [0.15, 0.2) is 42.1 Å². The number of esters is 2. The van der Waals surface area contributed by atoms with E-state index in [1.54, 1.807) is 6.07 Å². The molecule has 28 heavy (non-hydrogen) atoms. The molecule has 146 valence electrons. The number of benzene rings is 1. The Labute approximate surface area is 156 Å². The topological polar surface area (TPSA) is 87.6 Å². The summed E-state index contributed by atoms with van der Waals surface area (Å²) in [6, 6.07) is 6.11. The quantitative estimate of drug-likeness (QED) is 0.447. The molecule has 2 heterocycles. The number of aromatic nitrogens is 2. The zero-order valence-corrected chi connectivity index (χ0v) is 14.6. The molecule has 1 aromatic carbocycles. The highest BCUT2D eigenvalue weighted by atomic mass is 19.4. The third kappa shape index (κ3) is 4.45. The Morgan fingerprint density at radius 3 is 2.43 bits per heavy atom. The van der Waals surface area contributed by atoms with Gasteiger partial charge in [0.2, 0.25) is 0 Å². The molecule has 1 fully saturated rings. The lowest BCUT2D eigenvalue weighted by Gasteiger charge is -2.29. The maximum Gasteiger partial charge on any atom is 0.433 e. The molecule has 0 spiro atoms. The molecule has 2 aromatic rings. The van der Waals surface area contributed by atoms with Crippen molar-refractivity contribution in [1.82, 2.24) is 9.97 Å². The number of ether oxygens (including phenoxy) is 3. The second-order valence-electron chi connectivity index (χ2n) is 6.13. The van der Waals surface area contributed by atoms with Gasteiger partial charge in [-0.15, -0.1) is 0 Å². The fourth-order valence-electron chi connectivity index (χ4n) is 2.27. The molecule has 0 unspecified atom stereocenters. The van der Waals surface area contributed by atoms with Crippen LogP contribution in [0.2, 0.25) is 0 Å². The summed E-state index contributed by atoms with van der Waals surface area (Å²) in [5, 5.41) is 0. The fraction of sp³-hybridized carbons (Fsp3) is 0.222. The lowest BCUT2D eigenvalue weighted by molar-refractivity contribution is -0.222. The molecule has 0 bridgehead atoms. The predicted octanol–water partition coefficient (Wildman–Crippen LogP) is 3.51. The van der Waals surface area contributed by atoms with Crippen LogP contribution in [0.3, 0.4) is 0 Å². The molecule has 1 aliphatic heterocycles. The number of nitrogens with zero attached hydrogens (tertiary/aromatic N) is 2. The van der Waals surface area contributed by atoms with E-state index in [9.17, 15) is 22.8 Å². The summed E-state index contributed by atoms with van der Waals surface area (Å²) < 4.78 is 53.4. The van der Waals surface area contributed by atoms with Crippen LogP contribution >= 0.6 is 0 Å². The lowest BCUT2D eigenvalue weighted by atomic mass is 10.1. The largest absolute Gasteiger partial charge is 0.433 e. The SMILES string of the molecule is CC1(C)OC(=O)C(=Cc2cccc(Oc3nccc(C(F)(F)F)n3)c2)C(=O)O1. The van der Waals surface area contributed by atoms with Crippen LogP contribution in [0.5, 0.6) is 11.8 Å². The van der Waals surface area contributed by atoms with Gasteiger partial charge in [-0.25, -0.2) is 14.6 Å². The van der Waals surface area contributed by atoms with E-state index in [2.05, 4.69) is 9.97 Å². The normalized spacial score (nSPS) is 16.2. The Morgan fingerprint density at radius 2 is 1.79 bits per heavy atom. The second kappa shape index (κ2) is 6.95. The van der Waals surface area contributed by atoms with E-state index in [4.69, 9.17) is 14.2 Å². The van der Waals surface area contributed by atoms with Gasteiger partial charge < -0.3 is 14.2 Å². The predicted molar refractivity (Wildman–Crippen MR) is 87.8 cm³/mol. The summed E-state index contributed by atoms with van der Waals surface area (Å²) >= 11 is 0. The van der Waals surface area contributed by atoms with Gasteiger partial charge in [0.25, 0.3) is 5.79 Å². The molecule has 7 nitrogen and oxygen atoms in total. The van der Waals surface area contributed by atoms with E-state index in [0.717, 1.165) is 12.3 Å². The van der Waals surface area contributed by atoms with Gasteiger partial charge in [-0.1, -0.05) is 12.1 Å². The smallest absolute Gasteiger partial charge is 0.424 e. The number of alkyl halides is 3. The molecule has 0 atom stereocenters. The number of halogens is 3. The molecule has 3 rings (SSSR count). The Morgan fingerprint density at radius 1 is 1.11 bits per heavy atom. The highest BCUT2D eigenvalue weighted by Crippen LogP contribution is 2.29. The minimum atomic E-state index is -4.64. The number of rotatable bonds is 3. The van der Waals surface area contributed by atoms with Crippen molar-refractivity contribution in [1.29, 1.82) is 0 Å². The van der Waals surface area contributed by atoms with Crippen molar-refractivity contribution in [2.45, 2.75) is 25.8 Å². The van der Waals surface area contributed by atoms with E-state index < -0.39 is 35.6 Å². The first-order valence-corrected chi connectivity index (χ1v) is 7.90. The number of hydrogen-bond donors (Lipinski definition) is 0. The Balaban J connectivity index is 1.84. The Kier molecular flexibility index (Phi) is 4.80. The molecule has 1 aromatic heterocycles. The van der Waals surface area contributed by atoms with E-state index in [0.29, 0.717) is 5.56 Å². The van der Waals surface area contributed by atoms with Crippen molar-refractivity contribution in [3.05, 3.63) is 53.4 Å². The van der Waals surface area contributed by atoms with Crippen LogP contribution in [0.1, 0.15) is 25.1 Å². The molecule has 1 saturated heterocycles. The van der Waals surface area contributed by atoms with Gasteiger partial charge in [-0.05, 0) is 29.8 Å². The van der Waals surface area contributed by atoms with Gasteiger partial charge in [0.15, 0.2) is 5.69 Å². The van der Waals surface area contributed by atoms with Gasteiger partial charge in [0.05, 0.1) is 0 Å². The van der Waals surface area contributed by atoms with Crippen molar-refractivity contribution in [2.24, 2.45) is 0 Å². The monoisotopic (exact) mass is 394 g/mol. The first-order valence-electron chi connectivity index (χ1n) is 7.90. The van der Waals surface area contributed by atoms with Crippen molar-refractivity contribution in [3.63, 3.8) is 0 Å². The minimum Gasteiger partial charge on any atom is -0.424 e. The van der Waals surface area contributed by atoms with Crippen LogP contribution < -0.4 is 4.74 Å². The zero-order valence-electron chi connectivity index (χ0n) is 14.6. The van der Waals surface area contributed by atoms with E-state index in [1.807, 2.05) is 0 Å². The molecule has 0 saturated carbocycles. The van der Waals surface area contributed by atoms with E-state index in [1.165, 1.54) is 38.1 Å². The Hall–Kier alpha value is -3.43. The lowest BCUT2D eigenvalue weighted by Crippen LogP contribution is -2.41. The van der Waals surface area contributed by atoms with Crippen LogP contribution in [0, 0.1) is 0 Å². The summed E-state index contributed by atoms with van der Waals surface area (Å²) in [4.78, 5) is 30.9. The second-order valence-corrected chi connectivity index (χ2v) is 6.13. The van der Waals surface area contributed by atoms with Crippen LogP contribution in [0.4, 0.5) is 13.2 Å². The number of cyclic esters (lactones) is 2. The number of carbonyl (C=O) groups is 2. The molecule has 0 amide bonds. The fourth-order valence-corrected chi connectivity index (χ4v) is 2.27. The van der Waals surface area contributed by atoms with Crippen LogP contribution in [-0.4, -0.2) is 27.7 Å². The first-order chi connectivity index (χ1) is 13.0. The zero-order chi connectivity index (χ0) is 20.5. The van der Waals surface area contributed by atoms with Gasteiger partial charge in [0, 0.05) is 20.0 Å². The van der Waals surface area contributed by atoms with Crippen molar-refractivity contribution >= 4 is 18.0 Å². The van der Waals surface area contributed by atoms with E-state index in [-0.39, 0.29) is 11.3 Å². The summed E-state index contributed by atoms with van der Waals surface area (Å²) in [7, 11) is 0. The molecular weight excluding hydrogens is 381 g/mol. The van der Waals surface area contributed by atoms with Crippen molar-refractivity contribution < 1.29 is 37.0 Å². The van der Waals surface area contributed by atoms with Crippen LogP contribution in [-0.2, 0) is 25.2 Å². The van der Waals surface area contributed by atoms with Crippen molar-refractivity contribution in [3.8, 4) is 11.8 Å². The van der Waals surface area contributed by atoms with Gasteiger partial charge >= 0.3 is 24.1 Å². The highest BCUT2D eigenvalue weighted by Gasteiger charge is 2.38. The number of hydrogen-bond acceptors (Lipinski definition) is 7. The van der Waals surface area contributed by atoms with Crippen LogP contribution in [0.25, 0.3) is 6.08 Å². The van der Waals surface area contributed by atoms with Crippen molar-refractivity contribution in [2.75, 3.05) is 0 Å². The third-order valence-electron chi connectivity index (χ3n) is 3.42. The molecular formula is C18H13F3N2O5. The molecule has 1 aliphatic rings. The van der Waals surface area contributed by atoms with Gasteiger partial charge in [-0.2, -0.15) is 18.2 Å². The Bertz CT molecular complexity index is 948. The average Bonchev–Trinajstić information content (AvgIpc) is 2.57. The summed E-state index contributed by atoms with van der Waals surface area (Å²) in [6.45, 7) is 2.84. The molecule has 0 radical (unpaired) electrons. The highest BCUT2D eigenvalue weighted by molar-refractivity contribution is 6.18. The maximum absolute atomic E-state index is 12.7. The van der Waals surface area contributed by atoms with E-state index >= 15 is 0 Å². The standard InChI is InChI=1S/C18H13F3N2O5/c1-17(2)27-14(24)12(15(25)28-17)9-10-4-3-5-11(8-10)26-16-22-7-6-13(23-16)18(19,20)21/h3-9H,1-2H3.